The van der Waals surface area contributed by atoms with Crippen molar-refractivity contribution in [1.29, 1.82) is 0 Å². The van der Waals surface area contributed by atoms with Crippen LogP contribution in [-0.2, 0) is 4.74 Å². The number of aromatic nitrogens is 3. The standard InChI is InChI=1S/C31H54N8O/c1-10-11-12-13-14-38-28(2,3)19-21(32)24(31(38,8)9)33-22-20-29(4,5)39-27-35-25(23(22)30(39,6)7)34-26(36-27)37-15-17-40-18-16-37/h21-23H,10-20,32H2,1-9H3. The van der Waals surface area contributed by atoms with E-state index in [0.29, 0.717) is 13.2 Å². The van der Waals surface area contributed by atoms with Crippen molar-refractivity contribution in [1.82, 2.24) is 19.9 Å². The first-order valence-corrected chi connectivity index (χ1v) is 15.7. The SMILES string of the molecule is CCCCCCN1C(C)(C)CC(N)C(=NC2CC(C)(C)N3c4nc(nc(N5CCOCC5)n4)C2C3(C)C)C1(C)C. The van der Waals surface area contributed by atoms with Crippen molar-refractivity contribution < 1.29 is 4.74 Å². The molecular weight excluding hydrogens is 500 g/mol. The van der Waals surface area contributed by atoms with Crippen LogP contribution in [0.15, 0.2) is 4.99 Å². The van der Waals surface area contributed by atoms with Crippen LogP contribution < -0.4 is 15.5 Å². The van der Waals surface area contributed by atoms with Crippen molar-refractivity contribution in [2.45, 2.75) is 141 Å². The average Bonchev–Trinajstić information content (AvgIpc) is 2.84. The minimum Gasteiger partial charge on any atom is -0.378 e. The smallest absolute Gasteiger partial charge is 0.231 e. The summed E-state index contributed by atoms with van der Waals surface area (Å²) in [4.78, 5) is 28.2. The predicted octanol–water partition coefficient (Wildman–Crippen LogP) is 4.55. The molecule has 4 aliphatic heterocycles. The van der Waals surface area contributed by atoms with Crippen LogP contribution in [0.1, 0.15) is 113 Å². The average molecular weight is 555 g/mol. The molecule has 1 aromatic heterocycles. The van der Waals surface area contributed by atoms with E-state index >= 15 is 0 Å². The van der Waals surface area contributed by atoms with Crippen LogP contribution in [0.3, 0.4) is 0 Å². The van der Waals surface area contributed by atoms with Gasteiger partial charge >= 0.3 is 0 Å². The molecule has 1 aromatic rings. The summed E-state index contributed by atoms with van der Waals surface area (Å²) < 4.78 is 5.60. The molecule has 0 aromatic carbocycles. The summed E-state index contributed by atoms with van der Waals surface area (Å²) in [7, 11) is 0. The number of rotatable bonds is 7. The number of aliphatic imine (C=N–C) groups is 1. The highest BCUT2D eigenvalue weighted by molar-refractivity contribution is 5.98. The van der Waals surface area contributed by atoms with E-state index in [1.54, 1.807) is 0 Å². The molecule has 3 saturated heterocycles. The van der Waals surface area contributed by atoms with Gasteiger partial charge in [0.15, 0.2) is 0 Å². The van der Waals surface area contributed by atoms with Crippen molar-refractivity contribution in [3.63, 3.8) is 0 Å². The number of ether oxygens (including phenoxy) is 1. The molecule has 40 heavy (non-hydrogen) atoms. The van der Waals surface area contributed by atoms with Crippen LogP contribution in [0.5, 0.6) is 0 Å². The minimum absolute atomic E-state index is 0.0249. The van der Waals surface area contributed by atoms with Gasteiger partial charge in [-0.25, -0.2) is 0 Å². The highest BCUT2D eigenvalue weighted by Gasteiger charge is 2.58. The van der Waals surface area contributed by atoms with E-state index in [1.807, 2.05) is 0 Å². The van der Waals surface area contributed by atoms with Crippen molar-refractivity contribution in [2.24, 2.45) is 10.7 Å². The lowest BCUT2D eigenvalue weighted by atomic mass is 9.67. The van der Waals surface area contributed by atoms with E-state index in [-0.39, 0.29) is 40.2 Å². The lowest BCUT2D eigenvalue weighted by molar-refractivity contribution is 0.0255. The zero-order valence-corrected chi connectivity index (χ0v) is 26.6. The Kier molecular flexibility index (Phi) is 7.75. The van der Waals surface area contributed by atoms with Gasteiger partial charge in [0.05, 0.1) is 36.3 Å². The molecule has 0 saturated carbocycles. The maximum absolute atomic E-state index is 7.01. The van der Waals surface area contributed by atoms with E-state index in [2.05, 4.69) is 77.0 Å². The highest BCUT2D eigenvalue weighted by Crippen LogP contribution is 2.52. The topological polar surface area (TPSA) is 96.0 Å². The summed E-state index contributed by atoms with van der Waals surface area (Å²) in [6, 6.07) is -0.0274. The molecule has 0 aliphatic carbocycles. The molecule has 3 fully saturated rings. The Morgan fingerprint density at radius 3 is 2.23 bits per heavy atom. The van der Waals surface area contributed by atoms with Crippen LogP contribution in [-0.4, -0.2) is 92.7 Å². The normalized spacial score (nSPS) is 31.4. The molecule has 3 unspecified atom stereocenters. The molecule has 4 bridgehead atoms. The van der Waals surface area contributed by atoms with Gasteiger partial charge in [0, 0.05) is 35.9 Å². The highest BCUT2D eigenvalue weighted by atomic mass is 16.5. The fraction of sp³-hybridized carbons (Fsp3) is 0.871. The van der Waals surface area contributed by atoms with Crippen molar-refractivity contribution in [3.8, 4) is 0 Å². The van der Waals surface area contributed by atoms with Gasteiger partial charge in [-0.1, -0.05) is 26.2 Å². The molecule has 5 rings (SSSR count). The Bertz CT molecular complexity index is 1110. The lowest BCUT2D eigenvalue weighted by Gasteiger charge is -2.60. The van der Waals surface area contributed by atoms with Gasteiger partial charge in [-0.05, 0) is 81.2 Å². The number of likely N-dealkylation sites (tertiary alicyclic amines) is 1. The summed E-state index contributed by atoms with van der Waals surface area (Å²) in [6.07, 6.45) is 6.85. The van der Waals surface area contributed by atoms with Crippen LogP contribution in [0.2, 0.25) is 0 Å². The number of nitrogens with zero attached hydrogens (tertiary/aromatic N) is 7. The molecule has 3 atom stereocenters. The first-order chi connectivity index (χ1) is 18.7. The first kappa shape index (κ1) is 29.6. The Morgan fingerprint density at radius 2 is 1.55 bits per heavy atom. The monoisotopic (exact) mass is 554 g/mol. The second kappa shape index (κ2) is 10.5. The quantitative estimate of drug-likeness (QED) is 0.491. The van der Waals surface area contributed by atoms with Crippen molar-refractivity contribution >= 4 is 17.6 Å². The van der Waals surface area contributed by atoms with Crippen LogP contribution in [0.25, 0.3) is 0 Å². The maximum Gasteiger partial charge on any atom is 0.231 e. The number of nitrogens with two attached hydrogens (primary N) is 1. The summed E-state index contributed by atoms with van der Waals surface area (Å²) in [5.74, 6) is 2.49. The number of anilines is 2. The Labute approximate surface area is 242 Å². The van der Waals surface area contributed by atoms with Gasteiger partial charge in [0.1, 0.15) is 5.82 Å². The molecule has 5 heterocycles. The lowest BCUT2D eigenvalue weighted by Crippen LogP contribution is -2.70. The molecule has 4 aliphatic rings. The fourth-order valence-corrected chi connectivity index (χ4v) is 8.57. The molecule has 0 spiro atoms. The first-order valence-electron chi connectivity index (χ1n) is 15.7. The number of fused-ring (bicyclic) bond motifs is 6. The van der Waals surface area contributed by atoms with E-state index in [4.69, 9.17) is 30.4 Å². The number of unbranched alkanes of at least 4 members (excludes halogenated alkanes) is 3. The van der Waals surface area contributed by atoms with Crippen molar-refractivity contribution in [2.75, 3.05) is 42.6 Å². The third-order valence-electron chi connectivity index (χ3n) is 10.1. The molecular formula is C31H54N8O. The van der Waals surface area contributed by atoms with Gasteiger partial charge in [-0.3, -0.25) is 9.89 Å². The molecule has 2 N–H and O–H groups in total. The number of hydrogen-bond donors (Lipinski definition) is 1. The molecule has 224 valence electrons. The summed E-state index contributed by atoms with van der Waals surface area (Å²) in [6.45, 7) is 25.0. The molecule has 9 nitrogen and oxygen atoms in total. The van der Waals surface area contributed by atoms with E-state index < -0.39 is 0 Å². The summed E-state index contributed by atoms with van der Waals surface area (Å²) in [5, 5.41) is 0. The second-order valence-electron chi connectivity index (χ2n) is 14.9. The second-order valence-corrected chi connectivity index (χ2v) is 14.9. The summed E-state index contributed by atoms with van der Waals surface area (Å²) in [5.41, 5.74) is 7.55. The van der Waals surface area contributed by atoms with Crippen LogP contribution in [0, 0.1) is 0 Å². The number of morpholine rings is 1. The Hall–Kier alpha value is -1.84. The Balaban J connectivity index is 1.54. The maximum atomic E-state index is 7.01. The molecule has 0 amide bonds. The molecule has 0 radical (unpaired) electrons. The summed E-state index contributed by atoms with van der Waals surface area (Å²) >= 11 is 0. The fourth-order valence-electron chi connectivity index (χ4n) is 8.57. The van der Waals surface area contributed by atoms with Gasteiger partial charge in [0.2, 0.25) is 11.9 Å². The minimum atomic E-state index is -0.228. The van der Waals surface area contributed by atoms with E-state index in [0.717, 1.165) is 55.9 Å². The zero-order chi connectivity index (χ0) is 29.1. The van der Waals surface area contributed by atoms with Gasteiger partial charge < -0.3 is 20.3 Å². The number of piperidine rings is 2. The van der Waals surface area contributed by atoms with Gasteiger partial charge in [-0.15, -0.1) is 0 Å². The third-order valence-corrected chi connectivity index (χ3v) is 10.1. The third kappa shape index (κ3) is 5.04. The van der Waals surface area contributed by atoms with Crippen molar-refractivity contribution in [3.05, 3.63) is 5.82 Å². The largest absolute Gasteiger partial charge is 0.378 e. The van der Waals surface area contributed by atoms with Gasteiger partial charge in [0.25, 0.3) is 0 Å². The van der Waals surface area contributed by atoms with Crippen LogP contribution >= 0.6 is 0 Å². The number of hydrogen-bond acceptors (Lipinski definition) is 9. The predicted molar refractivity (Wildman–Crippen MR) is 164 cm³/mol. The van der Waals surface area contributed by atoms with E-state index in [9.17, 15) is 0 Å². The Morgan fingerprint density at radius 1 is 0.875 bits per heavy atom. The van der Waals surface area contributed by atoms with Gasteiger partial charge in [-0.2, -0.15) is 15.0 Å². The zero-order valence-electron chi connectivity index (χ0n) is 26.6. The van der Waals surface area contributed by atoms with Crippen LogP contribution in [0.4, 0.5) is 11.9 Å². The molecule has 9 heteroatoms. The van der Waals surface area contributed by atoms with E-state index in [1.165, 1.54) is 25.7 Å².